The minimum Gasteiger partial charge on any atom is -0.206 e. The molecule has 0 amide bonds. The van der Waals surface area contributed by atoms with E-state index in [1.54, 1.807) is 6.07 Å². The van der Waals surface area contributed by atoms with Crippen molar-refractivity contribution in [2.45, 2.75) is 4.90 Å². The summed E-state index contributed by atoms with van der Waals surface area (Å²) in [6.07, 6.45) is 0. The molecule has 0 nitrogen and oxygen atoms in total. The van der Waals surface area contributed by atoms with Crippen LogP contribution in [0.4, 0.5) is 4.39 Å². The third kappa shape index (κ3) is 1.74. The molecule has 0 heterocycles. The van der Waals surface area contributed by atoms with E-state index in [0.717, 1.165) is 0 Å². The topological polar surface area (TPSA) is 0 Å². The third-order valence-electron chi connectivity index (χ3n) is 0.990. The molecule has 0 fully saturated rings. The van der Waals surface area contributed by atoms with Crippen molar-refractivity contribution in [1.29, 1.82) is 0 Å². The fourth-order valence-electron chi connectivity index (χ4n) is 0.512. The zero-order valence-corrected chi connectivity index (χ0v) is 8.80. The number of halogens is 3. The van der Waals surface area contributed by atoms with E-state index >= 15 is 0 Å². The summed E-state index contributed by atoms with van der Waals surface area (Å²) in [7, 11) is 0. The average molecular weight is 286 g/mol. The summed E-state index contributed by atoms with van der Waals surface area (Å²) in [4.78, 5) is 0.716. The Hall–Kier alpha value is 0.460. The van der Waals surface area contributed by atoms with Crippen LogP contribution in [0.1, 0.15) is 0 Å². The highest BCUT2D eigenvalue weighted by atomic mass is 79.9. The van der Waals surface area contributed by atoms with Gasteiger partial charge in [-0.3, -0.25) is 0 Å². The number of rotatable bonds is 0. The van der Waals surface area contributed by atoms with Crippen LogP contribution >= 0.6 is 44.5 Å². The fourth-order valence-corrected chi connectivity index (χ4v) is 1.54. The molecule has 0 aliphatic carbocycles. The second kappa shape index (κ2) is 3.24. The van der Waals surface area contributed by atoms with E-state index in [2.05, 4.69) is 44.5 Å². The molecule has 54 valence electrons. The van der Waals surface area contributed by atoms with Gasteiger partial charge < -0.3 is 0 Å². The van der Waals surface area contributed by atoms with Gasteiger partial charge >= 0.3 is 0 Å². The molecule has 4 heteroatoms. The van der Waals surface area contributed by atoms with Crippen molar-refractivity contribution in [3.8, 4) is 0 Å². The van der Waals surface area contributed by atoms with Crippen molar-refractivity contribution in [2.24, 2.45) is 0 Å². The summed E-state index contributed by atoms with van der Waals surface area (Å²) < 4.78 is 13.7. The average Bonchev–Trinajstić information content (AvgIpc) is 1.84. The first-order chi connectivity index (χ1) is 4.61. The lowest BCUT2D eigenvalue weighted by molar-refractivity contribution is 0.618. The molecule has 0 N–H and O–H groups in total. The maximum Gasteiger partial charge on any atom is 0.138 e. The van der Waals surface area contributed by atoms with Crippen LogP contribution in [-0.2, 0) is 0 Å². The van der Waals surface area contributed by atoms with E-state index in [9.17, 15) is 4.39 Å². The molecule has 0 radical (unpaired) electrons. The zero-order chi connectivity index (χ0) is 7.72. The van der Waals surface area contributed by atoms with E-state index in [-0.39, 0.29) is 5.82 Å². The Kier molecular flexibility index (Phi) is 2.77. The van der Waals surface area contributed by atoms with Crippen LogP contribution in [0.15, 0.2) is 26.0 Å². The van der Waals surface area contributed by atoms with Crippen molar-refractivity contribution >= 4 is 44.5 Å². The first kappa shape index (κ1) is 8.56. The molecule has 10 heavy (non-hydrogen) atoms. The molecular weight excluding hydrogens is 283 g/mol. The Morgan fingerprint density at radius 2 is 1.80 bits per heavy atom. The fraction of sp³-hybridized carbons (Fsp3) is 0. The summed E-state index contributed by atoms with van der Waals surface area (Å²) in [5.41, 5.74) is 0. The van der Waals surface area contributed by atoms with Crippen LogP contribution in [-0.4, -0.2) is 0 Å². The maximum absolute atomic E-state index is 12.6. The molecule has 0 spiro atoms. The Labute approximate surface area is 80.5 Å². The van der Waals surface area contributed by atoms with Gasteiger partial charge in [-0.15, -0.1) is 12.6 Å². The standard InChI is InChI=1S/C6H3Br2FS/c7-3-2-6(10)4(8)1-5(3)9/h1-2,10H. The van der Waals surface area contributed by atoms with Crippen molar-refractivity contribution in [2.75, 3.05) is 0 Å². The molecule has 0 bridgehead atoms. The van der Waals surface area contributed by atoms with Crippen molar-refractivity contribution in [3.05, 3.63) is 26.9 Å². The predicted octanol–water partition coefficient (Wildman–Crippen LogP) is 3.64. The van der Waals surface area contributed by atoms with E-state index < -0.39 is 0 Å². The molecule has 1 aromatic carbocycles. The van der Waals surface area contributed by atoms with Gasteiger partial charge in [0, 0.05) is 9.37 Å². The van der Waals surface area contributed by atoms with Gasteiger partial charge in [0.15, 0.2) is 0 Å². The second-order valence-corrected chi connectivity index (χ2v) is 3.91. The molecule has 1 rings (SSSR count). The van der Waals surface area contributed by atoms with Gasteiger partial charge in [0.25, 0.3) is 0 Å². The summed E-state index contributed by atoms with van der Waals surface area (Å²) in [5, 5.41) is 0. The highest BCUT2D eigenvalue weighted by Gasteiger charge is 2.01. The van der Waals surface area contributed by atoms with Crippen molar-refractivity contribution in [1.82, 2.24) is 0 Å². The normalized spacial score (nSPS) is 10.0. The lowest BCUT2D eigenvalue weighted by atomic mass is 10.3. The molecule has 0 aliphatic rings. The van der Waals surface area contributed by atoms with Gasteiger partial charge in [-0.1, -0.05) is 0 Å². The minimum atomic E-state index is -0.287. The maximum atomic E-state index is 12.6. The lowest BCUT2D eigenvalue weighted by Gasteiger charge is -1.97. The highest BCUT2D eigenvalue weighted by Crippen LogP contribution is 2.26. The number of hydrogen-bond acceptors (Lipinski definition) is 1. The van der Waals surface area contributed by atoms with Gasteiger partial charge in [0.05, 0.1) is 4.47 Å². The van der Waals surface area contributed by atoms with Crippen LogP contribution in [0, 0.1) is 5.82 Å². The molecule has 0 saturated heterocycles. The number of hydrogen-bond donors (Lipinski definition) is 1. The summed E-state index contributed by atoms with van der Waals surface area (Å²) >= 11 is 10.2. The first-order valence-corrected chi connectivity index (χ1v) is 4.48. The Morgan fingerprint density at radius 1 is 1.20 bits per heavy atom. The number of thiol groups is 1. The van der Waals surface area contributed by atoms with E-state index in [1.807, 2.05) is 0 Å². The van der Waals surface area contributed by atoms with Gasteiger partial charge in [0.2, 0.25) is 0 Å². The Balaban J connectivity index is 3.28. The largest absolute Gasteiger partial charge is 0.206 e. The monoisotopic (exact) mass is 284 g/mol. The van der Waals surface area contributed by atoms with Crippen LogP contribution in [0.25, 0.3) is 0 Å². The van der Waals surface area contributed by atoms with Gasteiger partial charge in [-0.2, -0.15) is 0 Å². The van der Waals surface area contributed by atoms with E-state index in [0.29, 0.717) is 13.8 Å². The number of benzene rings is 1. The summed E-state index contributed by atoms with van der Waals surface area (Å²) in [6.45, 7) is 0. The molecule has 0 aromatic heterocycles. The van der Waals surface area contributed by atoms with Crippen LogP contribution in [0.3, 0.4) is 0 Å². The molecule has 0 aliphatic heterocycles. The lowest BCUT2D eigenvalue weighted by Crippen LogP contribution is -1.78. The van der Waals surface area contributed by atoms with E-state index in [1.165, 1.54) is 6.07 Å². The molecular formula is C6H3Br2FS. The first-order valence-electron chi connectivity index (χ1n) is 2.45. The van der Waals surface area contributed by atoms with Crippen LogP contribution in [0.5, 0.6) is 0 Å². The van der Waals surface area contributed by atoms with Crippen LogP contribution < -0.4 is 0 Å². The molecule has 0 unspecified atom stereocenters. The quantitative estimate of drug-likeness (QED) is 0.546. The minimum absolute atomic E-state index is 0.287. The molecule has 1 aromatic rings. The summed E-state index contributed by atoms with van der Waals surface area (Å²) in [6, 6.07) is 2.97. The zero-order valence-electron chi connectivity index (χ0n) is 4.74. The highest BCUT2D eigenvalue weighted by molar-refractivity contribution is 9.11. The van der Waals surface area contributed by atoms with Crippen LogP contribution in [0.2, 0.25) is 0 Å². The molecule has 0 saturated carbocycles. The van der Waals surface area contributed by atoms with Gasteiger partial charge in [0.1, 0.15) is 5.82 Å². The van der Waals surface area contributed by atoms with E-state index in [4.69, 9.17) is 0 Å². The van der Waals surface area contributed by atoms with Gasteiger partial charge in [-0.25, -0.2) is 4.39 Å². The van der Waals surface area contributed by atoms with Crippen molar-refractivity contribution in [3.63, 3.8) is 0 Å². The van der Waals surface area contributed by atoms with Crippen molar-refractivity contribution < 1.29 is 4.39 Å². The second-order valence-electron chi connectivity index (χ2n) is 1.72. The Bertz CT molecular complexity index is 212. The Morgan fingerprint density at radius 3 is 2.30 bits per heavy atom. The summed E-state index contributed by atoms with van der Waals surface area (Å²) in [5.74, 6) is -0.287. The van der Waals surface area contributed by atoms with Gasteiger partial charge in [-0.05, 0) is 44.0 Å². The predicted molar refractivity (Wildman–Crippen MR) is 49.1 cm³/mol. The smallest absolute Gasteiger partial charge is 0.138 e. The third-order valence-corrected chi connectivity index (χ3v) is 2.93. The molecule has 0 atom stereocenters. The SMILES string of the molecule is Fc1cc(Br)c(S)cc1Br.